The summed E-state index contributed by atoms with van der Waals surface area (Å²) >= 11 is 1.27. The molecule has 5 rings (SSSR count). The number of nitrogens with zero attached hydrogens (tertiary/aromatic N) is 4. The number of carbonyl (C=O) groups excluding carboxylic acids is 1. The predicted molar refractivity (Wildman–Crippen MR) is 139 cm³/mol. The van der Waals surface area contributed by atoms with Gasteiger partial charge in [0, 0.05) is 31.6 Å². The lowest BCUT2D eigenvalue weighted by Gasteiger charge is -2.23. The van der Waals surface area contributed by atoms with Gasteiger partial charge in [-0.2, -0.15) is 18.2 Å². The van der Waals surface area contributed by atoms with Gasteiger partial charge in [-0.15, -0.1) is 0 Å². The number of carbonyl (C=O) groups is 2. The van der Waals surface area contributed by atoms with Crippen LogP contribution < -0.4 is 10.1 Å². The number of aromatic nitrogens is 3. The van der Waals surface area contributed by atoms with Crippen LogP contribution in [0.1, 0.15) is 24.7 Å². The van der Waals surface area contributed by atoms with E-state index in [1.54, 1.807) is 18.2 Å². The van der Waals surface area contributed by atoms with Crippen LogP contribution in [0.25, 0.3) is 27.0 Å². The molecule has 2 aromatic carbocycles. The molecule has 0 atom stereocenters. The summed E-state index contributed by atoms with van der Waals surface area (Å²) < 4.78 is 46.2. The van der Waals surface area contributed by atoms with Crippen molar-refractivity contribution in [3.63, 3.8) is 0 Å². The average molecular weight is 556 g/mol. The van der Waals surface area contributed by atoms with E-state index in [-0.39, 0.29) is 30.7 Å². The molecule has 3 heterocycles. The van der Waals surface area contributed by atoms with Gasteiger partial charge in [0.05, 0.1) is 16.0 Å². The number of benzene rings is 2. The number of alkyl halides is 3. The van der Waals surface area contributed by atoms with E-state index < -0.39 is 17.8 Å². The molecule has 9 nitrogen and oxygen atoms in total. The van der Waals surface area contributed by atoms with E-state index in [0.717, 1.165) is 16.8 Å². The van der Waals surface area contributed by atoms with Crippen molar-refractivity contribution in [3.05, 3.63) is 66.0 Å². The number of hydrogen-bond acceptors (Lipinski definition) is 7. The molecule has 39 heavy (non-hydrogen) atoms. The van der Waals surface area contributed by atoms with Crippen molar-refractivity contribution in [1.82, 2.24) is 19.9 Å². The minimum Gasteiger partial charge on any atom is -0.465 e. The first-order valence-corrected chi connectivity index (χ1v) is 12.5. The van der Waals surface area contributed by atoms with Gasteiger partial charge >= 0.3 is 12.3 Å². The number of nitrogens with one attached hydrogen (secondary N) is 1. The maximum Gasteiger partial charge on any atom is 0.416 e. The van der Waals surface area contributed by atoms with Crippen LogP contribution in [0.15, 0.2) is 54.6 Å². The molecule has 0 fully saturated rings. The van der Waals surface area contributed by atoms with E-state index in [1.165, 1.54) is 41.4 Å². The molecule has 0 saturated carbocycles. The molecule has 0 aliphatic carbocycles. The summed E-state index contributed by atoms with van der Waals surface area (Å²) in [5.74, 6) is 0.494. The van der Waals surface area contributed by atoms with Crippen molar-refractivity contribution in [2.24, 2.45) is 0 Å². The third-order valence-electron chi connectivity index (χ3n) is 5.86. The van der Waals surface area contributed by atoms with Crippen LogP contribution in [0.2, 0.25) is 0 Å². The Balaban J connectivity index is 1.55. The van der Waals surface area contributed by atoms with Gasteiger partial charge in [0.2, 0.25) is 11.8 Å². The Morgan fingerprint density at radius 3 is 2.51 bits per heavy atom. The SMILES string of the molecule is CC(=O)Nc1nc2c(Oc3cc(-c4ccc(C(F)(F)F)cc4)nc(C4=CCN(C(=O)O)CC4)n3)cccc2s1. The number of fused-ring (bicyclic) bond motifs is 1. The minimum absolute atomic E-state index is 0.123. The zero-order valence-electron chi connectivity index (χ0n) is 20.3. The molecule has 0 bridgehead atoms. The van der Waals surface area contributed by atoms with Crippen molar-refractivity contribution in [1.29, 1.82) is 0 Å². The second-order valence-corrected chi connectivity index (χ2v) is 9.63. The molecule has 1 aliphatic rings. The minimum atomic E-state index is -4.48. The van der Waals surface area contributed by atoms with Gasteiger partial charge in [-0.05, 0) is 36.3 Å². The number of thiazole rings is 1. The maximum atomic E-state index is 13.1. The first-order valence-electron chi connectivity index (χ1n) is 11.7. The molecule has 2 aromatic heterocycles. The van der Waals surface area contributed by atoms with Crippen LogP contribution in [0, 0.1) is 0 Å². The summed E-state index contributed by atoms with van der Waals surface area (Å²) in [6.45, 7) is 1.78. The maximum absolute atomic E-state index is 13.1. The van der Waals surface area contributed by atoms with E-state index in [0.29, 0.717) is 39.6 Å². The molecular weight excluding hydrogens is 535 g/mol. The standard InChI is InChI=1S/C26H20F3N5O4S/c1-14(35)30-24-33-22-19(3-2-4-20(22)39-24)38-21-13-18(15-5-7-17(8-6-15)26(27,28)29)31-23(32-21)16-9-11-34(12-10-16)25(36)37/h2-9,13H,10-12H2,1H3,(H,36,37)(H,30,33,35). The van der Waals surface area contributed by atoms with Crippen LogP contribution in [0.3, 0.4) is 0 Å². The average Bonchev–Trinajstić information content (AvgIpc) is 3.31. The van der Waals surface area contributed by atoms with E-state index >= 15 is 0 Å². The van der Waals surface area contributed by atoms with Crippen molar-refractivity contribution >= 4 is 44.3 Å². The van der Waals surface area contributed by atoms with Crippen LogP contribution in [-0.2, 0) is 11.0 Å². The van der Waals surface area contributed by atoms with Gasteiger partial charge in [-0.3, -0.25) is 4.79 Å². The Hall–Kier alpha value is -4.52. The number of hydrogen-bond donors (Lipinski definition) is 2. The van der Waals surface area contributed by atoms with Crippen LogP contribution >= 0.6 is 11.3 Å². The highest BCUT2D eigenvalue weighted by Crippen LogP contribution is 2.36. The summed E-state index contributed by atoms with van der Waals surface area (Å²) in [6, 6.07) is 11.4. The second kappa shape index (κ2) is 10.3. The van der Waals surface area contributed by atoms with Crippen molar-refractivity contribution in [2.75, 3.05) is 18.4 Å². The van der Waals surface area contributed by atoms with Gasteiger partial charge in [-0.1, -0.05) is 35.6 Å². The van der Waals surface area contributed by atoms with Crippen molar-refractivity contribution in [3.8, 4) is 22.9 Å². The number of halogens is 3. The number of para-hydroxylation sites is 1. The monoisotopic (exact) mass is 555 g/mol. The summed E-state index contributed by atoms with van der Waals surface area (Å²) in [6.07, 6.45) is -3.46. The molecule has 200 valence electrons. The first kappa shape index (κ1) is 26.1. The first-order chi connectivity index (χ1) is 18.6. The Bertz CT molecular complexity index is 1600. The van der Waals surface area contributed by atoms with Gasteiger partial charge in [-0.25, -0.2) is 14.8 Å². The second-order valence-electron chi connectivity index (χ2n) is 8.60. The Kier molecular flexibility index (Phi) is 6.91. The lowest BCUT2D eigenvalue weighted by molar-refractivity contribution is -0.137. The molecule has 0 unspecified atom stereocenters. The van der Waals surface area contributed by atoms with Crippen LogP contribution in [0.5, 0.6) is 11.6 Å². The van der Waals surface area contributed by atoms with Gasteiger partial charge in [0.15, 0.2) is 16.7 Å². The summed E-state index contributed by atoms with van der Waals surface area (Å²) in [5, 5.41) is 12.3. The molecule has 13 heteroatoms. The third-order valence-corrected chi connectivity index (χ3v) is 6.79. The number of anilines is 1. The zero-order valence-corrected chi connectivity index (χ0v) is 21.1. The van der Waals surface area contributed by atoms with E-state index in [2.05, 4.69) is 20.3 Å². The lowest BCUT2D eigenvalue weighted by Crippen LogP contribution is -2.33. The zero-order chi connectivity index (χ0) is 27.7. The summed E-state index contributed by atoms with van der Waals surface area (Å²) in [4.78, 5) is 37.5. The van der Waals surface area contributed by atoms with E-state index in [1.807, 2.05) is 6.07 Å². The van der Waals surface area contributed by atoms with E-state index in [4.69, 9.17) is 4.74 Å². The number of amides is 2. The highest BCUT2D eigenvalue weighted by atomic mass is 32.1. The molecule has 0 radical (unpaired) electrons. The van der Waals surface area contributed by atoms with E-state index in [9.17, 15) is 27.9 Å². The normalized spacial score (nSPS) is 13.7. The van der Waals surface area contributed by atoms with Crippen molar-refractivity contribution in [2.45, 2.75) is 19.5 Å². The molecule has 0 spiro atoms. The summed E-state index contributed by atoms with van der Waals surface area (Å²) in [7, 11) is 0. The number of ether oxygens (including phenoxy) is 1. The van der Waals surface area contributed by atoms with Gasteiger partial charge in [0.1, 0.15) is 5.52 Å². The highest BCUT2D eigenvalue weighted by molar-refractivity contribution is 7.22. The fraction of sp³-hybridized carbons (Fsp3) is 0.192. The smallest absolute Gasteiger partial charge is 0.416 e. The van der Waals surface area contributed by atoms with Crippen LogP contribution in [0.4, 0.5) is 23.1 Å². The fourth-order valence-electron chi connectivity index (χ4n) is 3.97. The number of rotatable bonds is 5. The summed E-state index contributed by atoms with van der Waals surface area (Å²) in [5.41, 5.74) is 1.14. The lowest BCUT2D eigenvalue weighted by atomic mass is 10.1. The Morgan fingerprint density at radius 1 is 1.10 bits per heavy atom. The molecule has 2 amide bonds. The Labute approximate surface area is 223 Å². The van der Waals surface area contributed by atoms with Crippen LogP contribution in [-0.4, -0.2) is 50.0 Å². The largest absolute Gasteiger partial charge is 0.465 e. The topological polar surface area (TPSA) is 118 Å². The van der Waals surface area contributed by atoms with Crippen molar-refractivity contribution < 1.29 is 32.6 Å². The van der Waals surface area contributed by atoms with Gasteiger partial charge < -0.3 is 20.1 Å². The Morgan fingerprint density at radius 2 is 1.87 bits per heavy atom. The quantitative estimate of drug-likeness (QED) is 0.297. The van der Waals surface area contributed by atoms with Gasteiger partial charge in [0.25, 0.3) is 0 Å². The molecular formula is C26H20F3N5O4S. The fourth-order valence-corrected chi connectivity index (χ4v) is 4.90. The predicted octanol–water partition coefficient (Wildman–Crippen LogP) is 6.29. The molecule has 1 aliphatic heterocycles. The molecule has 4 aromatic rings. The number of carboxylic acid groups (broad SMARTS) is 1. The molecule has 2 N–H and O–H groups in total. The molecule has 0 saturated heterocycles. The third kappa shape index (κ3) is 5.82. The highest BCUT2D eigenvalue weighted by Gasteiger charge is 2.30.